The molecule has 1 heterocycles. The Labute approximate surface area is 83.7 Å². The summed E-state index contributed by atoms with van der Waals surface area (Å²) >= 11 is 0. The third-order valence-corrected chi connectivity index (χ3v) is 3.67. The molecule has 1 aromatic heterocycles. The zero-order chi connectivity index (χ0) is 9.60. The number of rotatable bonds is 3. The third-order valence-electron chi connectivity index (χ3n) is 3.67. The number of hydrogen-bond donors (Lipinski definition) is 1. The van der Waals surface area contributed by atoms with Crippen molar-refractivity contribution in [3.05, 3.63) is 17.8 Å². The number of nitrogens with two attached hydrogens (primary N) is 1. The van der Waals surface area contributed by atoms with Gasteiger partial charge in [-0.25, -0.2) is 4.98 Å². The highest BCUT2D eigenvalue weighted by molar-refractivity contribution is 5.17. The van der Waals surface area contributed by atoms with Crippen LogP contribution in [0.1, 0.15) is 49.6 Å². The molecule has 2 N–H and O–H groups in total. The van der Waals surface area contributed by atoms with E-state index in [0.29, 0.717) is 12.5 Å². The summed E-state index contributed by atoms with van der Waals surface area (Å²) < 4.78 is 5.57. The summed E-state index contributed by atoms with van der Waals surface area (Å²) in [6, 6.07) is 0. The van der Waals surface area contributed by atoms with Gasteiger partial charge < -0.3 is 10.2 Å². The van der Waals surface area contributed by atoms with Crippen LogP contribution in [0.5, 0.6) is 0 Å². The standard InChI is InChI=1S/C11H16N2O/c12-7-11(4-1-5-11)10-13-9(6-14-10)8-2-3-8/h6,8H,1-5,7,12H2. The quantitative estimate of drug-likeness (QED) is 0.796. The molecule has 0 amide bonds. The first-order valence-corrected chi connectivity index (χ1v) is 5.50. The van der Waals surface area contributed by atoms with Crippen LogP contribution in [0.2, 0.25) is 0 Å². The average Bonchev–Trinajstić information content (AvgIpc) is 2.86. The molecular weight excluding hydrogens is 176 g/mol. The van der Waals surface area contributed by atoms with Crippen LogP contribution >= 0.6 is 0 Å². The Bertz CT molecular complexity index is 331. The molecule has 14 heavy (non-hydrogen) atoms. The lowest BCUT2D eigenvalue weighted by Crippen LogP contribution is -2.41. The normalized spacial score (nSPS) is 24.6. The van der Waals surface area contributed by atoms with E-state index in [2.05, 4.69) is 4.98 Å². The number of oxazole rings is 1. The first-order chi connectivity index (χ1) is 6.84. The Balaban J connectivity index is 1.87. The van der Waals surface area contributed by atoms with E-state index in [4.69, 9.17) is 10.2 Å². The molecule has 0 saturated heterocycles. The van der Waals surface area contributed by atoms with Crippen LogP contribution in [0.4, 0.5) is 0 Å². The minimum atomic E-state index is 0.0904. The highest BCUT2D eigenvalue weighted by Crippen LogP contribution is 2.45. The Morgan fingerprint density at radius 2 is 2.29 bits per heavy atom. The third kappa shape index (κ3) is 1.12. The second-order valence-electron chi connectivity index (χ2n) is 4.69. The van der Waals surface area contributed by atoms with Crippen molar-refractivity contribution >= 4 is 0 Å². The highest BCUT2D eigenvalue weighted by Gasteiger charge is 2.42. The van der Waals surface area contributed by atoms with Gasteiger partial charge in [-0.3, -0.25) is 0 Å². The van der Waals surface area contributed by atoms with Crippen molar-refractivity contribution in [1.82, 2.24) is 4.98 Å². The Hall–Kier alpha value is -0.830. The van der Waals surface area contributed by atoms with Crippen LogP contribution in [0.25, 0.3) is 0 Å². The summed E-state index contributed by atoms with van der Waals surface area (Å²) in [4.78, 5) is 4.59. The molecule has 3 heteroatoms. The Morgan fingerprint density at radius 3 is 2.79 bits per heavy atom. The lowest BCUT2D eigenvalue weighted by atomic mass is 9.69. The van der Waals surface area contributed by atoms with E-state index in [0.717, 1.165) is 24.4 Å². The predicted molar refractivity (Wildman–Crippen MR) is 53.1 cm³/mol. The van der Waals surface area contributed by atoms with Crippen LogP contribution < -0.4 is 5.73 Å². The van der Waals surface area contributed by atoms with E-state index in [1.54, 1.807) is 0 Å². The zero-order valence-corrected chi connectivity index (χ0v) is 8.33. The maximum absolute atomic E-state index is 5.80. The summed E-state index contributed by atoms with van der Waals surface area (Å²) in [6.07, 6.45) is 7.95. The van der Waals surface area contributed by atoms with Crippen LogP contribution in [-0.4, -0.2) is 11.5 Å². The molecule has 2 aliphatic carbocycles. The van der Waals surface area contributed by atoms with Crippen LogP contribution in [0.3, 0.4) is 0 Å². The molecule has 3 rings (SSSR count). The van der Waals surface area contributed by atoms with Gasteiger partial charge in [-0.15, -0.1) is 0 Å². The molecule has 2 fully saturated rings. The zero-order valence-electron chi connectivity index (χ0n) is 8.33. The number of nitrogens with zero attached hydrogens (tertiary/aromatic N) is 1. The predicted octanol–water partition coefficient (Wildman–Crippen LogP) is 1.93. The Morgan fingerprint density at radius 1 is 1.50 bits per heavy atom. The van der Waals surface area contributed by atoms with E-state index in [-0.39, 0.29) is 5.41 Å². The van der Waals surface area contributed by atoms with Gasteiger partial charge in [-0.2, -0.15) is 0 Å². The van der Waals surface area contributed by atoms with E-state index in [1.165, 1.54) is 19.3 Å². The fraction of sp³-hybridized carbons (Fsp3) is 0.727. The number of aromatic nitrogens is 1. The largest absolute Gasteiger partial charge is 0.448 e. The van der Waals surface area contributed by atoms with Gasteiger partial charge in [0.1, 0.15) is 6.26 Å². The summed E-state index contributed by atoms with van der Waals surface area (Å²) in [5, 5.41) is 0. The second-order valence-corrected chi connectivity index (χ2v) is 4.69. The second kappa shape index (κ2) is 2.83. The maximum Gasteiger partial charge on any atom is 0.201 e. The van der Waals surface area contributed by atoms with Gasteiger partial charge in [0.2, 0.25) is 5.89 Å². The minimum absolute atomic E-state index is 0.0904. The first-order valence-electron chi connectivity index (χ1n) is 5.50. The molecular formula is C11H16N2O. The summed E-state index contributed by atoms with van der Waals surface area (Å²) in [6.45, 7) is 0.678. The molecule has 3 nitrogen and oxygen atoms in total. The van der Waals surface area contributed by atoms with Gasteiger partial charge in [0.05, 0.1) is 11.1 Å². The molecule has 1 aromatic rings. The van der Waals surface area contributed by atoms with Crippen molar-refractivity contribution in [2.45, 2.75) is 43.4 Å². The molecule has 76 valence electrons. The van der Waals surface area contributed by atoms with Gasteiger partial charge >= 0.3 is 0 Å². The highest BCUT2D eigenvalue weighted by atomic mass is 16.3. The minimum Gasteiger partial charge on any atom is -0.448 e. The molecule has 0 spiro atoms. The van der Waals surface area contributed by atoms with Crippen LogP contribution in [0, 0.1) is 0 Å². The topological polar surface area (TPSA) is 52.0 Å². The van der Waals surface area contributed by atoms with E-state index in [9.17, 15) is 0 Å². The fourth-order valence-electron chi connectivity index (χ4n) is 2.21. The van der Waals surface area contributed by atoms with Crippen molar-refractivity contribution in [1.29, 1.82) is 0 Å². The van der Waals surface area contributed by atoms with Crippen molar-refractivity contribution in [2.24, 2.45) is 5.73 Å². The van der Waals surface area contributed by atoms with Gasteiger partial charge in [-0.1, -0.05) is 6.42 Å². The summed E-state index contributed by atoms with van der Waals surface area (Å²) in [5.41, 5.74) is 7.04. The number of hydrogen-bond acceptors (Lipinski definition) is 3. The van der Waals surface area contributed by atoms with Gasteiger partial charge in [-0.05, 0) is 25.7 Å². The first kappa shape index (κ1) is 8.48. The van der Waals surface area contributed by atoms with Crippen LogP contribution in [-0.2, 0) is 5.41 Å². The SMILES string of the molecule is NCC1(c2nc(C3CC3)co2)CCC1. The van der Waals surface area contributed by atoms with Crippen molar-refractivity contribution < 1.29 is 4.42 Å². The van der Waals surface area contributed by atoms with Crippen molar-refractivity contribution in [3.63, 3.8) is 0 Å². The summed E-state index contributed by atoms with van der Waals surface area (Å²) in [7, 11) is 0. The smallest absolute Gasteiger partial charge is 0.201 e. The molecule has 0 radical (unpaired) electrons. The lowest BCUT2D eigenvalue weighted by Gasteiger charge is -2.37. The molecule has 2 aliphatic rings. The molecule has 0 unspecified atom stereocenters. The van der Waals surface area contributed by atoms with E-state index >= 15 is 0 Å². The van der Waals surface area contributed by atoms with E-state index < -0.39 is 0 Å². The van der Waals surface area contributed by atoms with Crippen LogP contribution in [0.15, 0.2) is 10.7 Å². The lowest BCUT2D eigenvalue weighted by molar-refractivity contribution is 0.199. The fourth-order valence-corrected chi connectivity index (χ4v) is 2.21. The van der Waals surface area contributed by atoms with Gasteiger partial charge in [0.25, 0.3) is 0 Å². The molecule has 0 aromatic carbocycles. The van der Waals surface area contributed by atoms with Gasteiger partial charge in [0.15, 0.2) is 0 Å². The van der Waals surface area contributed by atoms with Gasteiger partial charge in [0, 0.05) is 12.5 Å². The molecule has 2 saturated carbocycles. The molecule has 0 bridgehead atoms. The maximum atomic E-state index is 5.80. The summed E-state index contributed by atoms with van der Waals surface area (Å²) in [5.74, 6) is 1.58. The molecule has 0 aliphatic heterocycles. The average molecular weight is 192 g/mol. The van der Waals surface area contributed by atoms with Crippen molar-refractivity contribution in [3.8, 4) is 0 Å². The van der Waals surface area contributed by atoms with Crippen molar-refractivity contribution in [2.75, 3.05) is 6.54 Å². The monoisotopic (exact) mass is 192 g/mol. The molecule has 0 atom stereocenters. The van der Waals surface area contributed by atoms with E-state index in [1.807, 2.05) is 6.26 Å². The Kier molecular flexibility index (Phi) is 1.71.